The minimum absolute atomic E-state index is 0.207. The summed E-state index contributed by atoms with van der Waals surface area (Å²) in [4.78, 5) is 10.1. The molecule has 0 saturated heterocycles. The van der Waals surface area contributed by atoms with Crippen LogP contribution in [-0.4, -0.2) is 48.7 Å². The number of nitrogens with two attached hydrogens (primary N) is 1. The second kappa shape index (κ2) is 5.50. The molecule has 90 valence electrons. The SMILES string of the molecule is COc1cc(NC(C)CN(C)C)nc(N)n1. The zero-order valence-electron chi connectivity index (χ0n) is 10.2. The highest BCUT2D eigenvalue weighted by atomic mass is 16.5. The van der Waals surface area contributed by atoms with E-state index in [9.17, 15) is 0 Å². The fraction of sp³-hybridized carbons (Fsp3) is 0.600. The number of hydrogen-bond donors (Lipinski definition) is 2. The lowest BCUT2D eigenvalue weighted by Crippen LogP contribution is -2.30. The van der Waals surface area contributed by atoms with Gasteiger partial charge in [0, 0.05) is 18.7 Å². The van der Waals surface area contributed by atoms with Crippen molar-refractivity contribution in [2.45, 2.75) is 13.0 Å². The van der Waals surface area contributed by atoms with Crippen LogP contribution in [-0.2, 0) is 0 Å². The Kier molecular flexibility index (Phi) is 4.30. The first-order chi connectivity index (χ1) is 7.51. The molecule has 6 nitrogen and oxygen atoms in total. The van der Waals surface area contributed by atoms with Crippen molar-refractivity contribution in [1.29, 1.82) is 0 Å². The zero-order chi connectivity index (χ0) is 12.1. The lowest BCUT2D eigenvalue weighted by Gasteiger charge is -2.18. The van der Waals surface area contributed by atoms with E-state index in [1.54, 1.807) is 13.2 Å². The molecule has 0 bridgehead atoms. The highest BCUT2D eigenvalue weighted by molar-refractivity contribution is 5.43. The molecule has 6 heteroatoms. The van der Waals surface area contributed by atoms with Crippen LogP contribution >= 0.6 is 0 Å². The number of ether oxygens (including phenoxy) is 1. The van der Waals surface area contributed by atoms with Crippen molar-refractivity contribution in [2.24, 2.45) is 0 Å². The van der Waals surface area contributed by atoms with Gasteiger partial charge in [0.2, 0.25) is 11.8 Å². The Morgan fingerprint density at radius 1 is 1.50 bits per heavy atom. The van der Waals surface area contributed by atoms with Crippen LogP contribution in [0.1, 0.15) is 6.92 Å². The maximum atomic E-state index is 5.56. The Balaban J connectivity index is 2.69. The Bertz CT molecular complexity index is 342. The fourth-order valence-electron chi connectivity index (χ4n) is 1.47. The van der Waals surface area contributed by atoms with Gasteiger partial charge in [0.05, 0.1) is 7.11 Å². The second-order valence-electron chi connectivity index (χ2n) is 3.96. The molecule has 0 aliphatic carbocycles. The van der Waals surface area contributed by atoms with Crippen molar-refractivity contribution < 1.29 is 4.74 Å². The van der Waals surface area contributed by atoms with Crippen LogP contribution in [0.2, 0.25) is 0 Å². The summed E-state index contributed by atoms with van der Waals surface area (Å²) in [6.45, 7) is 2.98. The predicted molar refractivity (Wildman–Crippen MR) is 64.6 cm³/mol. The minimum atomic E-state index is 0.207. The van der Waals surface area contributed by atoms with Crippen molar-refractivity contribution >= 4 is 11.8 Å². The summed E-state index contributed by atoms with van der Waals surface area (Å²) < 4.78 is 5.02. The van der Waals surface area contributed by atoms with Gasteiger partial charge in [-0.2, -0.15) is 9.97 Å². The number of hydrogen-bond acceptors (Lipinski definition) is 6. The molecule has 16 heavy (non-hydrogen) atoms. The summed E-state index contributed by atoms with van der Waals surface area (Å²) in [5.41, 5.74) is 5.56. The quantitative estimate of drug-likeness (QED) is 0.756. The third-order valence-corrected chi connectivity index (χ3v) is 1.96. The first-order valence-corrected chi connectivity index (χ1v) is 5.11. The van der Waals surface area contributed by atoms with Gasteiger partial charge in [-0.15, -0.1) is 0 Å². The molecule has 3 N–H and O–H groups in total. The normalized spacial score (nSPS) is 12.6. The topological polar surface area (TPSA) is 76.3 Å². The Labute approximate surface area is 95.8 Å². The average Bonchev–Trinajstić information content (AvgIpc) is 2.14. The number of nitrogens with zero attached hydrogens (tertiary/aromatic N) is 3. The van der Waals surface area contributed by atoms with Gasteiger partial charge < -0.3 is 20.7 Å². The van der Waals surface area contributed by atoms with Crippen LogP contribution in [0.3, 0.4) is 0 Å². The molecular formula is C10H19N5O. The zero-order valence-corrected chi connectivity index (χ0v) is 10.2. The van der Waals surface area contributed by atoms with E-state index in [1.165, 1.54) is 0 Å². The Hall–Kier alpha value is -1.56. The summed E-state index contributed by atoms with van der Waals surface area (Å²) in [5, 5.41) is 3.24. The monoisotopic (exact) mass is 225 g/mol. The van der Waals surface area contributed by atoms with Crippen molar-refractivity contribution in [1.82, 2.24) is 14.9 Å². The largest absolute Gasteiger partial charge is 0.481 e. The van der Waals surface area contributed by atoms with Gasteiger partial charge in [0.1, 0.15) is 5.82 Å². The van der Waals surface area contributed by atoms with E-state index in [4.69, 9.17) is 10.5 Å². The molecule has 0 saturated carbocycles. The van der Waals surface area contributed by atoms with Crippen LogP contribution in [0, 0.1) is 0 Å². The second-order valence-corrected chi connectivity index (χ2v) is 3.96. The molecule has 0 amide bonds. The lowest BCUT2D eigenvalue weighted by molar-refractivity contribution is 0.390. The van der Waals surface area contributed by atoms with E-state index in [0.717, 1.165) is 6.54 Å². The number of likely N-dealkylation sites (N-methyl/N-ethyl adjacent to an activating group) is 1. The lowest BCUT2D eigenvalue weighted by atomic mass is 10.3. The predicted octanol–water partition coefficient (Wildman–Crippen LogP) is 0.429. The molecule has 0 aliphatic heterocycles. The van der Waals surface area contributed by atoms with Crippen molar-refractivity contribution in [3.05, 3.63) is 6.07 Å². The van der Waals surface area contributed by atoms with Gasteiger partial charge in [-0.05, 0) is 21.0 Å². The number of anilines is 2. The van der Waals surface area contributed by atoms with Crippen LogP contribution in [0.5, 0.6) is 5.88 Å². The summed E-state index contributed by atoms with van der Waals surface area (Å²) in [6, 6.07) is 2.00. The smallest absolute Gasteiger partial charge is 0.225 e. The van der Waals surface area contributed by atoms with Gasteiger partial charge in [-0.25, -0.2) is 0 Å². The highest BCUT2D eigenvalue weighted by Gasteiger charge is 2.07. The molecule has 1 aromatic heterocycles. The van der Waals surface area contributed by atoms with Crippen molar-refractivity contribution in [2.75, 3.05) is 38.8 Å². The first kappa shape index (κ1) is 12.5. The van der Waals surface area contributed by atoms with E-state index in [1.807, 2.05) is 14.1 Å². The summed E-state index contributed by atoms with van der Waals surface area (Å²) in [5.74, 6) is 1.35. The van der Waals surface area contributed by atoms with E-state index < -0.39 is 0 Å². The summed E-state index contributed by atoms with van der Waals surface area (Å²) >= 11 is 0. The molecule has 1 unspecified atom stereocenters. The molecule has 0 fully saturated rings. The third-order valence-electron chi connectivity index (χ3n) is 1.96. The molecule has 1 rings (SSSR count). The van der Waals surface area contributed by atoms with Gasteiger partial charge >= 0.3 is 0 Å². The van der Waals surface area contributed by atoms with Crippen molar-refractivity contribution in [3.63, 3.8) is 0 Å². The average molecular weight is 225 g/mol. The summed E-state index contributed by atoms with van der Waals surface area (Å²) in [7, 11) is 5.59. The van der Waals surface area contributed by atoms with Crippen LogP contribution in [0.25, 0.3) is 0 Å². The maximum absolute atomic E-state index is 5.56. The van der Waals surface area contributed by atoms with Crippen LogP contribution < -0.4 is 15.8 Å². The van der Waals surface area contributed by atoms with Crippen molar-refractivity contribution in [3.8, 4) is 5.88 Å². The molecule has 1 aromatic rings. The number of nitrogen functional groups attached to an aromatic ring is 1. The van der Waals surface area contributed by atoms with Gasteiger partial charge in [0.15, 0.2) is 0 Å². The molecule has 0 radical (unpaired) electrons. The maximum Gasteiger partial charge on any atom is 0.225 e. The third kappa shape index (κ3) is 3.90. The summed E-state index contributed by atoms with van der Waals surface area (Å²) in [6.07, 6.45) is 0. The van der Waals surface area contributed by atoms with Gasteiger partial charge in [-0.1, -0.05) is 0 Å². The molecule has 0 aromatic carbocycles. The Morgan fingerprint density at radius 2 is 2.19 bits per heavy atom. The van der Waals surface area contributed by atoms with E-state index in [-0.39, 0.29) is 12.0 Å². The number of rotatable bonds is 5. The molecule has 0 aliphatic rings. The highest BCUT2D eigenvalue weighted by Crippen LogP contribution is 2.14. The van der Waals surface area contributed by atoms with Gasteiger partial charge in [0.25, 0.3) is 0 Å². The first-order valence-electron chi connectivity index (χ1n) is 5.11. The van der Waals surface area contributed by atoms with E-state index in [0.29, 0.717) is 11.7 Å². The molecule has 1 atom stereocenters. The van der Waals surface area contributed by atoms with Crippen LogP contribution in [0.4, 0.5) is 11.8 Å². The molecule has 1 heterocycles. The standard InChI is InChI=1S/C10H19N5O/c1-7(6-15(2)3)12-8-5-9(16-4)14-10(11)13-8/h5,7H,6H2,1-4H3,(H3,11,12,13,14). The number of aromatic nitrogens is 2. The molecule has 0 spiro atoms. The van der Waals surface area contributed by atoms with Gasteiger partial charge in [-0.3, -0.25) is 0 Å². The van der Waals surface area contributed by atoms with Crippen LogP contribution in [0.15, 0.2) is 6.07 Å². The number of methoxy groups -OCH3 is 1. The molecular weight excluding hydrogens is 206 g/mol. The van der Waals surface area contributed by atoms with E-state index >= 15 is 0 Å². The van der Waals surface area contributed by atoms with E-state index in [2.05, 4.69) is 27.1 Å². The fourth-order valence-corrected chi connectivity index (χ4v) is 1.47. The minimum Gasteiger partial charge on any atom is -0.481 e. The Morgan fingerprint density at radius 3 is 2.75 bits per heavy atom. The number of nitrogens with one attached hydrogen (secondary N) is 1.